The first kappa shape index (κ1) is 23.0. The number of methoxy groups -OCH3 is 2. The van der Waals surface area contributed by atoms with Crippen molar-refractivity contribution in [1.29, 1.82) is 0 Å². The molecule has 3 rings (SSSR count). The van der Waals surface area contributed by atoms with E-state index in [1.807, 2.05) is 19.2 Å². The van der Waals surface area contributed by atoms with Gasteiger partial charge in [0, 0.05) is 57.3 Å². The van der Waals surface area contributed by atoms with Gasteiger partial charge in [-0.1, -0.05) is 6.92 Å². The third-order valence-corrected chi connectivity index (χ3v) is 5.34. The molecule has 0 unspecified atom stereocenters. The lowest BCUT2D eigenvalue weighted by atomic mass is 9.89. The number of ether oxygens (including phenoxy) is 3. The number of hydrogen-bond acceptors (Lipinski definition) is 5. The predicted octanol–water partition coefficient (Wildman–Crippen LogP) is 2.05. The van der Waals surface area contributed by atoms with Gasteiger partial charge in [-0.15, -0.1) is 24.0 Å². The van der Waals surface area contributed by atoms with Crippen molar-refractivity contribution in [3.8, 4) is 11.5 Å². The van der Waals surface area contributed by atoms with E-state index in [4.69, 9.17) is 14.2 Å². The number of hydrogen-bond donors (Lipinski definition) is 1. The van der Waals surface area contributed by atoms with E-state index in [0.717, 1.165) is 75.5 Å². The zero-order chi connectivity index (χ0) is 19.3. The number of halogens is 1. The van der Waals surface area contributed by atoms with Gasteiger partial charge in [0.15, 0.2) is 5.96 Å². The second-order valence-electron chi connectivity index (χ2n) is 7.65. The van der Waals surface area contributed by atoms with Crippen LogP contribution >= 0.6 is 24.0 Å². The Balaban J connectivity index is 0.00000280. The van der Waals surface area contributed by atoms with Gasteiger partial charge in [0.1, 0.15) is 11.5 Å². The van der Waals surface area contributed by atoms with Crippen molar-refractivity contribution >= 4 is 29.9 Å². The van der Waals surface area contributed by atoms with E-state index in [0.29, 0.717) is 0 Å². The van der Waals surface area contributed by atoms with E-state index in [2.05, 4.69) is 33.1 Å². The highest BCUT2D eigenvalue weighted by molar-refractivity contribution is 14.0. The van der Waals surface area contributed by atoms with Gasteiger partial charge in [0.05, 0.1) is 27.4 Å². The van der Waals surface area contributed by atoms with Crippen molar-refractivity contribution < 1.29 is 14.2 Å². The molecule has 0 atom stereocenters. The molecule has 0 amide bonds. The van der Waals surface area contributed by atoms with Crippen molar-refractivity contribution in [3.63, 3.8) is 0 Å². The first-order valence-electron chi connectivity index (χ1n) is 9.53. The van der Waals surface area contributed by atoms with Gasteiger partial charge in [0.25, 0.3) is 0 Å². The fraction of sp³-hybridized carbons (Fsp3) is 0.650. The molecular weight excluding hydrogens is 471 g/mol. The van der Waals surface area contributed by atoms with E-state index in [1.165, 1.54) is 0 Å². The molecule has 1 N–H and O–H groups in total. The lowest BCUT2D eigenvalue weighted by molar-refractivity contribution is -0.0973. The minimum atomic E-state index is 0. The summed E-state index contributed by atoms with van der Waals surface area (Å²) in [7, 11) is 5.26. The lowest BCUT2D eigenvalue weighted by Gasteiger charge is -2.41. The van der Waals surface area contributed by atoms with Gasteiger partial charge in [-0.25, -0.2) is 0 Å². The quantitative estimate of drug-likeness (QED) is 0.364. The minimum Gasteiger partial charge on any atom is -0.497 e. The minimum absolute atomic E-state index is 0. The fourth-order valence-corrected chi connectivity index (χ4v) is 3.54. The molecule has 2 saturated heterocycles. The predicted molar refractivity (Wildman–Crippen MR) is 122 cm³/mol. The van der Waals surface area contributed by atoms with E-state index < -0.39 is 0 Å². The molecule has 8 heteroatoms. The molecule has 1 aromatic rings. The van der Waals surface area contributed by atoms with Crippen molar-refractivity contribution in [3.05, 3.63) is 23.8 Å². The van der Waals surface area contributed by atoms with Gasteiger partial charge in [-0.05, 0) is 18.2 Å². The molecule has 2 fully saturated rings. The summed E-state index contributed by atoms with van der Waals surface area (Å²) in [5.41, 5.74) is 1.39. The van der Waals surface area contributed by atoms with Crippen LogP contribution in [0.25, 0.3) is 0 Å². The number of aliphatic imine (C=N–C) groups is 1. The van der Waals surface area contributed by atoms with Crippen LogP contribution in [0.15, 0.2) is 23.2 Å². The first-order valence-corrected chi connectivity index (χ1v) is 9.53. The highest BCUT2D eigenvalue weighted by Gasteiger charge is 2.33. The molecule has 0 spiro atoms. The van der Waals surface area contributed by atoms with E-state index in [-0.39, 0.29) is 29.4 Å². The van der Waals surface area contributed by atoms with Crippen LogP contribution in [-0.2, 0) is 11.3 Å². The summed E-state index contributed by atoms with van der Waals surface area (Å²) < 4.78 is 16.2. The van der Waals surface area contributed by atoms with Crippen molar-refractivity contribution in [2.45, 2.75) is 13.5 Å². The maximum atomic E-state index is 5.51. The Kier molecular flexibility index (Phi) is 8.63. The first-order chi connectivity index (χ1) is 13.1. The Morgan fingerprint density at radius 1 is 1.18 bits per heavy atom. The number of guanidine groups is 1. The normalized spacial score (nSPS) is 19.4. The van der Waals surface area contributed by atoms with Crippen LogP contribution in [0.2, 0.25) is 0 Å². The van der Waals surface area contributed by atoms with Crippen molar-refractivity contribution in [2.75, 3.05) is 67.2 Å². The second kappa shape index (κ2) is 10.5. The summed E-state index contributed by atoms with van der Waals surface area (Å²) in [5, 5.41) is 3.52. The summed E-state index contributed by atoms with van der Waals surface area (Å²) in [6.07, 6.45) is 0. The Labute approximate surface area is 185 Å². The monoisotopic (exact) mass is 504 g/mol. The van der Waals surface area contributed by atoms with E-state index in [9.17, 15) is 0 Å². The standard InChI is InChI=1S/C20H32N4O3.HI/c1-20(14-27-15-20)13-22-19(21-2)24-9-7-23(8-10-24)12-16-11-17(25-3)5-6-18(16)26-4;/h5-6,11H,7-10,12-15H2,1-4H3,(H,21,22);1H. The molecule has 0 aromatic heterocycles. The zero-order valence-electron chi connectivity index (χ0n) is 17.4. The number of piperazine rings is 1. The third kappa shape index (κ3) is 5.64. The maximum absolute atomic E-state index is 5.51. The number of benzene rings is 1. The SMILES string of the molecule is CN=C(NCC1(C)COC1)N1CCN(Cc2cc(OC)ccc2OC)CC1.I. The highest BCUT2D eigenvalue weighted by atomic mass is 127. The van der Waals surface area contributed by atoms with Crippen LogP contribution in [0, 0.1) is 5.41 Å². The molecule has 0 bridgehead atoms. The van der Waals surface area contributed by atoms with Gasteiger partial charge >= 0.3 is 0 Å². The van der Waals surface area contributed by atoms with Crippen LogP contribution in [0.4, 0.5) is 0 Å². The molecule has 0 saturated carbocycles. The Bertz CT molecular complexity index is 659. The average Bonchev–Trinajstić information content (AvgIpc) is 2.68. The van der Waals surface area contributed by atoms with E-state index in [1.54, 1.807) is 14.2 Å². The van der Waals surface area contributed by atoms with Crippen LogP contribution in [0.5, 0.6) is 11.5 Å². The summed E-state index contributed by atoms with van der Waals surface area (Å²) in [6.45, 7) is 9.55. The molecule has 2 aliphatic rings. The largest absolute Gasteiger partial charge is 0.497 e. The van der Waals surface area contributed by atoms with Crippen LogP contribution in [-0.4, -0.2) is 83.0 Å². The van der Waals surface area contributed by atoms with Gasteiger partial charge < -0.3 is 24.4 Å². The Morgan fingerprint density at radius 3 is 2.43 bits per heavy atom. The van der Waals surface area contributed by atoms with Crippen LogP contribution in [0.1, 0.15) is 12.5 Å². The summed E-state index contributed by atoms with van der Waals surface area (Å²) in [5.74, 6) is 2.76. The summed E-state index contributed by atoms with van der Waals surface area (Å²) in [6, 6.07) is 5.97. The molecular formula is C20H33IN4O3. The molecule has 0 aliphatic carbocycles. The topological polar surface area (TPSA) is 58.6 Å². The molecule has 7 nitrogen and oxygen atoms in total. The molecule has 1 aromatic carbocycles. The molecule has 2 heterocycles. The average molecular weight is 504 g/mol. The smallest absolute Gasteiger partial charge is 0.193 e. The highest BCUT2D eigenvalue weighted by Crippen LogP contribution is 2.26. The van der Waals surface area contributed by atoms with E-state index >= 15 is 0 Å². The number of nitrogens with zero attached hydrogens (tertiary/aromatic N) is 3. The number of rotatable bonds is 6. The zero-order valence-corrected chi connectivity index (χ0v) is 19.7. The Hall–Kier alpha value is -1.26. The third-order valence-electron chi connectivity index (χ3n) is 5.34. The van der Waals surface area contributed by atoms with Gasteiger partial charge in [0.2, 0.25) is 0 Å². The van der Waals surface area contributed by atoms with Gasteiger partial charge in [-0.2, -0.15) is 0 Å². The molecule has 0 radical (unpaired) electrons. The Morgan fingerprint density at radius 2 is 1.89 bits per heavy atom. The molecule has 28 heavy (non-hydrogen) atoms. The molecule has 158 valence electrons. The summed E-state index contributed by atoms with van der Waals surface area (Å²) in [4.78, 5) is 9.25. The summed E-state index contributed by atoms with van der Waals surface area (Å²) >= 11 is 0. The number of nitrogens with one attached hydrogen (secondary N) is 1. The maximum Gasteiger partial charge on any atom is 0.193 e. The van der Waals surface area contributed by atoms with Crippen molar-refractivity contribution in [1.82, 2.24) is 15.1 Å². The van der Waals surface area contributed by atoms with Crippen LogP contribution in [0.3, 0.4) is 0 Å². The van der Waals surface area contributed by atoms with Crippen LogP contribution < -0.4 is 14.8 Å². The van der Waals surface area contributed by atoms with Crippen molar-refractivity contribution in [2.24, 2.45) is 10.4 Å². The fourth-order valence-electron chi connectivity index (χ4n) is 3.54. The second-order valence-corrected chi connectivity index (χ2v) is 7.65. The lowest BCUT2D eigenvalue weighted by Crippen LogP contribution is -2.55. The molecule has 2 aliphatic heterocycles. The van der Waals surface area contributed by atoms with Gasteiger partial charge in [-0.3, -0.25) is 9.89 Å².